The van der Waals surface area contributed by atoms with Crippen LogP contribution in [0.25, 0.3) is 0 Å². The molecule has 0 amide bonds. The van der Waals surface area contributed by atoms with Gasteiger partial charge in [-0.25, -0.2) is 9.98 Å². The van der Waals surface area contributed by atoms with Crippen molar-refractivity contribution >= 4 is 18.4 Å². The maximum Gasteiger partial charge on any atom is 0.0892 e. The number of rotatable bonds is 13. The smallest absolute Gasteiger partial charge is 0.0892 e. The SMILES string of the molecule is CCCCCCCCCCN=C=NCCCN(C)C.Cl. The lowest BCUT2D eigenvalue weighted by molar-refractivity contribution is 0.403. The summed E-state index contributed by atoms with van der Waals surface area (Å²) in [5.74, 6) is 0. The second-order valence-corrected chi connectivity index (χ2v) is 5.50. The van der Waals surface area contributed by atoms with Crippen LogP contribution in [0.2, 0.25) is 0 Å². The Labute approximate surface area is 132 Å². The number of hydrogen-bond acceptors (Lipinski definition) is 3. The molecular weight excluding hydrogens is 270 g/mol. The first-order valence-electron chi connectivity index (χ1n) is 8.00. The first-order valence-corrected chi connectivity index (χ1v) is 8.00. The van der Waals surface area contributed by atoms with E-state index < -0.39 is 0 Å². The molecule has 120 valence electrons. The first kappa shape index (κ1) is 21.9. The molecule has 0 atom stereocenters. The highest BCUT2D eigenvalue weighted by Gasteiger charge is 1.90. The third-order valence-electron chi connectivity index (χ3n) is 3.14. The van der Waals surface area contributed by atoms with Gasteiger partial charge in [0.25, 0.3) is 0 Å². The van der Waals surface area contributed by atoms with Gasteiger partial charge in [0.2, 0.25) is 0 Å². The predicted molar refractivity (Wildman–Crippen MR) is 92.6 cm³/mol. The molecule has 0 aromatic rings. The van der Waals surface area contributed by atoms with Crippen molar-refractivity contribution in [1.82, 2.24) is 4.90 Å². The Morgan fingerprint density at radius 3 is 1.80 bits per heavy atom. The lowest BCUT2D eigenvalue weighted by Gasteiger charge is -2.05. The molecular formula is C16H34ClN3. The molecule has 0 aromatic heterocycles. The minimum Gasteiger partial charge on any atom is -0.309 e. The van der Waals surface area contributed by atoms with Crippen molar-refractivity contribution in [2.45, 2.75) is 64.7 Å². The molecule has 4 heteroatoms. The van der Waals surface area contributed by atoms with Crippen LogP contribution < -0.4 is 0 Å². The van der Waals surface area contributed by atoms with Crippen molar-refractivity contribution < 1.29 is 0 Å². The van der Waals surface area contributed by atoms with E-state index in [1.54, 1.807) is 0 Å². The summed E-state index contributed by atoms with van der Waals surface area (Å²) >= 11 is 0. The molecule has 0 spiro atoms. The van der Waals surface area contributed by atoms with E-state index in [0.29, 0.717) is 0 Å². The van der Waals surface area contributed by atoms with Crippen LogP contribution >= 0.6 is 12.4 Å². The fourth-order valence-electron chi connectivity index (χ4n) is 1.94. The summed E-state index contributed by atoms with van der Waals surface area (Å²) in [6.07, 6.45) is 11.9. The lowest BCUT2D eigenvalue weighted by Crippen LogP contribution is -2.13. The molecule has 0 bridgehead atoms. The van der Waals surface area contributed by atoms with Gasteiger partial charge in [0.1, 0.15) is 0 Å². The summed E-state index contributed by atoms with van der Waals surface area (Å²) in [4.78, 5) is 10.5. The van der Waals surface area contributed by atoms with E-state index in [1.165, 1.54) is 51.4 Å². The van der Waals surface area contributed by atoms with Gasteiger partial charge in [-0.05, 0) is 33.5 Å². The van der Waals surface area contributed by atoms with Gasteiger partial charge >= 0.3 is 0 Å². The minimum absolute atomic E-state index is 0. The molecule has 0 aliphatic rings. The third kappa shape index (κ3) is 20.0. The van der Waals surface area contributed by atoms with Crippen LogP contribution in [0, 0.1) is 0 Å². The highest BCUT2D eigenvalue weighted by Crippen LogP contribution is 2.08. The highest BCUT2D eigenvalue weighted by atomic mass is 35.5. The Hall–Kier alpha value is -0.370. The number of unbranched alkanes of at least 4 members (excludes halogenated alkanes) is 7. The monoisotopic (exact) mass is 303 g/mol. The molecule has 0 unspecified atom stereocenters. The molecule has 0 radical (unpaired) electrons. The van der Waals surface area contributed by atoms with Gasteiger partial charge in [-0.1, -0.05) is 51.9 Å². The van der Waals surface area contributed by atoms with Gasteiger partial charge in [-0.3, -0.25) is 0 Å². The fraction of sp³-hybridized carbons (Fsp3) is 0.938. The summed E-state index contributed by atoms with van der Waals surface area (Å²) in [5, 5.41) is 0. The first-order chi connectivity index (χ1) is 9.27. The minimum atomic E-state index is 0. The molecule has 0 saturated carbocycles. The normalized spacial score (nSPS) is 10.0. The van der Waals surface area contributed by atoms with Crippen LogP contribution in [-0.4, -0.2) is 44.6 Å². The van der Waals surface area contributed by atoms with Crippen molar-refractivity contribution in [3.05, 3.63) is 0 Å². The van der Waals surface area contributed by atoms with Crippen LogP contribution in [0.1, 0.15) is 64.7 Å². The summed E-state index contributed by atoms with van der Waals surface area (Å²) < 4.78 is 0. The molecule has 0 heterocycles. The van der Waals surface area contributed by atoms with Crippen molar-refractivity contribution in [3.63, 3.8) is 0 Å². The molecule has 3 nitrogen and oxygen atoms in total. The van der Waals surface area contributed by atoms with Gasteiger partial charge < -0.3 is 4.90 Å². The summed E-state index contributed by atoms with van der Waals surface area (Å²) in [6, 6.07) is 2.81. The van der Waals surface area contributed by atoms with E-state index in [4.69, 9.17) is 0 Å². The second kappa shape index (κ2) is 18.6. The Morgan fingerprint density at radius 1 is 0.750 bits per heavy atom. The van der Waals surface area contributed by atoms with Crippen LogP contribution in [0.3, 0.4) is 0 Å². The zero-order valence-corrected chi connectivity index (χ0v) is 14.6. The molecule has 0 aliphatic carbocycles. The molecule has 0 saturated heterocycles. The topological polar surface area (TPSA) is 28.0 Å². The average Bonchev–Trinajstić information content (AvgIpc) is 2.39. The largest absolute Gasteiger partial charge is 0.309 e. The van der Waals surface area contributed by atoms with Crippen LogP contribution in [0.5, 0.6) is 0 Å². The number of aliphatic imine (C=N–C) groups is 2. The third-order valence-corrected chi connectivity index (χ3v) is 3.14. The molecule has 0 N–H and O–H groups in total. The Bertz CT molecular complexity index is 236. The summed E-state index contributed by atoms with van der Waals surface area (Å²) in [7, 11) is 4.17. The van der Waals surface area contributed by atoms with Crippen molar-refractivity contribution in [1.29, 1.82) is 0 Å². The average molecular weight is 304 g/mol. The molecule has 0 aromatic carbocycles. The van der Waals surface area contributed by atoms with Crippen LogP contribution in [0.4, 0.5) is 0 Å². The Morgan fingerprint density at radius 2 is 1.25 bits per heavy atom. The zero-order valence-electron chi connectivity index (χ0n) is 13.7. The Balaban J connectivity index is 0. The number of halogens is 1. The van der Waals surface area contributed by atoms with E-state index in [9.17, 15) is 0 Å². The van der Waals surface area contributed by atoms with Crippen molar-refractivity contribution in [2.24, 2.45) is 9.98 Å². The molecule has 0 aliphatic heterocycles. The predicted octanol–water partition coefficient (Wildman–Crippen LogP) is 4.67. The van der Waals surface area contributed by atoms with Gasteiger partial charge in [0.15, 0.2) is 0 Å². The standard InChI is InChI=1S/C16H33N3.ClH/c1-4-5-6-7-8-9-10-11-13-17-16-18-14-12-15-19(2)3;/h4-15H2,1-3H3;1H. The second-order valence-electron chi connectivity index (χ2n) is 5.50. The van der Waals surface area contributed by atoms with E-state index in [0.717, 1.165) is 26.1 Å². The van der Waals surface area contributed by atoms with E-state index in [2.05, 4.69) is 41.9 Å². The van der Waals surface area contributed by atoms with Crippen molar-refractivity contribution in [2.75, 3.05) is 33.7 Å². The highest BCUT2D eigenvalue weighted by molar-refractivity contribution is 5.85. The van der Waals surface area contributed by atoms with Gasteiger partial charge in [0, 0.05) is 6.54 Å². The maximum absolute atomic E-state index is 4.20. The number of hydrogen-bond donors (Lipinski definition) is 0. The van der Waals surface area contributed by atoms with E-state index in [-0.39, 0.29) is 12.4 Å². The van der Waals surface area contributed by atoms with Crippen molar-refractivity contribution in [3.8, 4) is 0 Å². The van der Waals surface area contributed by atoms with Crippen LogP contribution in [-0.2, 0) is 0 Å². The van der Waals surface area contributed by atoms with Gasteiger partial charge in [-0.15, -0.1) is 12.4 Å². The summed E-state index contributed by atoms with van der Waals surface area (Å²) in [5.41, 5.74) is 0. The molecule has 0 rings (SSSR count). The number of nitrogens with zero attached hydrogens (tertiary/aromatic N) is 3. The quantitative estimate of drug-likeness (QED) is 0.359. The molecule has 20 heavy (non-hydrogen) atoms. The lowest BCUT2D eigenvalue weighted by atomic mass is 10.1. The van der Waals surface area contributed by atoms with Gasteiger partial charge in [0.05, 0.1) is 12.6 Å². The fourth-order valence-corrected chi connectivity index (χ4v) is 1.94. The van der Waals surface area contributed by atoms with Gasteiger partial charge in [-0.2, -0.15) is 0 Å². The summed E-state index contributed by atoms with van der Waals surface area (Å²) in [6.45, 7) is 5.09. The van der Waals surface area contributed by atoms with E-state index >= 15 is 0 Å². The zero-order chi connectivity index (χ0) is 14.2. The van der Waals surface area contributed by atoms with E-state index in [1.807, 2.05) is 0 Å². The molecule has 0 fully saturated rings. The Kier molecular flexibility index (Phi) is 20.4. The maximum atomic E-state index is 4.20. The van der Waals surface area contributed by atoms with Crippen LogP contribution in [0.15, 0.2) is 9.98 Å².